The van der Waals surface area contributed by atoms with Crippen molar-refractivity contribution >= 4 is 16.8 Å². The number of carbonyl (C=O) groups is 1. The van der Waals surface area contributed by atoms with Gasteiger partial charge in [-0.3, -0.25) is 4.79 Å². The highest BCUT2D eigenvalue weighted by atomic mass is 16.5. The lowest BCUT2D eigenvalue weighted by molar-refractivity contribution is 0.0903. The molecule has 22 heavy (non-hydrogen) atoms. The minimum atomic E-state index is -0.266. The Morgan fingerprint density at radius 3 is 2.73 bits per heavy atom. The molecule has 0 saturated heterocycles. The maximum Gasteiger partial charge on any atom is 0.270 e. The molecule has 1 heterocycles. The number of ether oxygens (including phenoxy) is 1. The zero-order chi connectivity index (χ0) is 16.1. The highest BCUT2D eigenvalue weighted by molar-refractivity contribution is 5.95. The summed E-state index contributed by atoms with van der Waals surface area (Å²) < 4.78 is 5.17. The van der Waals surface area contributed by atoms with Gasteiger partial charge in [0, 0.05) is 5.39 Å². The molecule has 1 aromatic carbocycles. The quantitative estimate of drug-likeness (QED) is 0.859. The van der Waals surface area contributed by atoms with Gasteiger partial charge in [-0.25, -0.2) is 4.98 Å². The Labute approximate surface area is 130 Å². The fourth-order valence-corrected chi connectivity index (χ4v) is 2.36. The summed E-state index contributed by atoms with van der Waals surface area (Å²) in [7, 11) is 1.61. The first-order valence-corrected chi connectivity index (χ1v) is 7.40. The third-order valence-electron chi connectivity index (χ3n) is 3.44. The van der Waals surface area contributed by atoms with Crippen molar-refractivity contribution in [2.45, 2.75) is 26.3 Å². The molecule has 0 aliphatic heterocycles. The molecule has 1 aromatic heterocycles. The molecule has 2 rings (SSSR count). The third kappa shape index (κ3) is 3.95. The van der Waals surface area contributed by atoms with Gasteiger partial charge in [-0.1, -0.05) is 19.9 Å². The first-order valence-electron chi connectivity index (χ1n) is 7.40. The number of hydrogen-bond acceptors (Lipinski definition) is 4. The first kappa shape index (κ1) is 16.2. The van der Waals surface area contributed by atoms with Crippen LogP contribution < -0.4 is 10.1 Å². The van der Waals surface area contributed by atoms with Crippen LogP contribution in [-0.4, -0.2) is 35.8 Å². The number of methoxy groups -OCH3 is 1. The van der Waals surface area contributed by atoms with Crippen molar-refractivity contribution in [3.05, 3.63) is 36.0 Å². The number of pyridine rings is 1. The molecule has 0 spiro atoms. The lowest BCUT2D eigenvalue weighted by Crippen LogP contribution is -2.38. The van der Waals surface area contributed by atoms with E-state index >= 15 is 0 Å². The van der Waals surface area contributed by atoms with Crippen molar-refractivity contribution in [1.29, 1.82) is 0 Å². The molecule has 2 N–H and O–H groups in total. The molecule has 5 heteroatoms. The van der Waals surface area contributed by atoms with Crippen molar-refractivity contribution in [2.75, 3.05) is 13.7 Å². The van der Waals surface area contributed by atoms with Gasteiger partial charge < -0.3 is 15.2 Å². The van der Waals surface area contributed by atoms with Gasteiger partial charge in [0.25, 0.3) is 5.91 Å². The Morgan fingerprint density at radius 2 is 2.09 bits per heavy atom. The molecule has 2 aromatic rings. The van der Waals surface area contributed by atoms with Crippen molar-refractivity contribution in [1.82, 2.24) is 10.3 Å². The second-order valence-electron chi connectivity index (χ2n) is 5.74. The average molecular weight is 302 g/mol. The number of aliphatic hydroxyl groups excluding tert-OH is 1. The van der Waals surface area contributed by atoms with E-state index in [1.54, 1.807) is 13.2 Å². The summed E-state index contributed by atoms with van der Waals surface area (Å²) in [5, 5.41) is 13.1. The molecule has 0 aliphatic carbocycles. The lowest BCUT2D eigenvalue weighted by atomic mass is 10.0. The second-order valence-corrected chi connectivity index (χ2v) is 5.74. The molecule has 0 aliphatic rings. The third-order valence-corrected chi connectivity index (χ3v) is 3.44. The van der Waals surface area contributed by atoms with E-state index in [0.29, 0.717) is 11.6 Å². The number of benzene rings is 1. The van der Waals surface area contributed by atoms with E-state index in [0.717, 1.165) is 23.1 Å². The minimum Gasteiger partial charge on any atom is -0.497 e. The number of aromatic nitrogens is 1. The van der Waals surface area contributed by atoms with Crippen molar-refractivity contribution in [2.24, 2.45) is 5.92 Å². The van der Waals surface area contributed by atoms with Gasteiger partial charge in [-0.05, 0) is 36.6 Å². The zero-order valence-corrected chi connectivity index (χ0v) is 13.2. The van der Waals surface area contributed by atoms with E-state index in [1.165, 1.54) is 0 Å². The van der Waals surface area contributed by atoms with Crippen LogP contribution in [0.5, 0.6) is 5.75 Å². The summed E-state index contributed by atoms with van der Waals surface area (Å²) >= 11 is 0. The fourth-order valence-electron chi connectivity index (χ4n) is 2.36. The number of fused-ring (bicyclic) bond motifs is 1. The van der Waals surface area contributed by atoms with Gasteiger partial charge in [0.2, 0.25) is 0 Å². The molecule has 0 saturated carbocycles. The summed E-state index contributed by atoms with van der Waals surface area (Å²) in [5.74, 6) is 0.885. The molecule has 0 radical (unpaired) electrons. The predicted octanol–water partition coefficient (Wildman–Crippen LogP) is 2.38. The van der Waals surface area contributed by atoms with Crippen molar-refractivity contribution in [3.63, 3.8) is 0 Å². The number of carbonyl (C=O) groups excluding carboxylic acids is 1. The van der Waals surface area contributed by atoms with Gasteiger partial charge in [0.1, 0.15) is 11.4 Å². The van der Waals surface area contributed by atoms with Crippen LogP contribution in [0.25, 0.3) is 10.9 Å². The maximum atomic E-state index is 12.3. The van der Waals surface area contributed by atoms with E-state index in [4.69, 9.17) is 4.74 Å². The fraction of sp³-hybridized carbons (Fsp3) is 0.412. The van der Waals surface area contributed by atoms with Gasteiger partial charge in [-0.15, -0.1) is 0 Å². The molecular formula is C17H22N2O3. The Bertz CT molecular complexity index is 655. The standard InChI is InChI=1S/C17H22N2O3/c1-11(2)8-13(10-20)18-17(21)16-6-4-12-9-14(22-3)5-7-15(12)19-16/h4-7,9,11,13,20H,8,10H2,1-3H3,(H,18,21). The normalized spacial score (nSPS) is 12.4. The van der Waals surface area contributed by atoms with Gasteiger partial charge in [0.15, 0.2) is 0 Å². The Balaban J connectivity index is 2.17. The topological polar surface area (TPSA) is 71.5 Å². The van der Waals surface area contributed by atoms with Gasteiger partial charge in [0.05, 0.1) is 25.3 Å². The minimum absolute atomic E-state index is 0.0747. The number of rotatable bonds is 6. The molecule has 1 atom stereocenters. The summed E-state index contributed by atoms with van der Waals surface area (Å²) in [5.41, 5.74) is 1.08. The van der Waals surface area contributed by atoms with E-state index < -0.39 is 0 Å². The van der Waals surface area contributed by atoms with Crippen LogP contribution in [0.15, 0.2) is 30.3 Å². The summed E-state index contributed by atoms with van der Waals surface area (Å²) in [6.07, 6.45) is 0.729. The van der Waals surface area contributed by atoms with E-state index in [1.807, 2.05) is 24.3 Å². The predicted molar refractivity (Wildman–Crippen MR) is 86.1 cm³/mol. The molecule has 118 valence electrons. The molecular weight excluding hydrogens is 280 g/mol. The molecule has 1 unspecified atom stereocenters. The Hall–Kier alpha value is -2.14. The van der Waals surface area contributed by atoms with Crippen LogP contribution in [0, 0.1) is 5.92 Å². The van der Waals surface area contributed by atoms with Crippen molar-refractivity contribution < 1.29 is 14.6 Å². The zero-order valence-electron chi connectivity index (χ0n) is 13.2. The van der Waals surface area contributed by atoms with Gasteiger partial charge >= 0.3 is 0 Å². The molecule has 0 bridgehead atoms. The van der Waals surface area contributed by atoms with Crippen LogP contribution in [0.2, 0.25) is 0 Å². The van der Waals surface area contributed by atoms with Crippen LogP contribution in [-0.2, 0) is 0 Å². The number of amides is 1. The first-order chi connectivity index (χ1) is 10.5. The van der Waals surface area contributed by atoms with Crippen LogP contribution in [0.3, 0.4) is 0 Å². The number of hydrogen-bond donors (Lipinski definition) is 2. The van der Waals surface area contributed by atoms with E-state index in [-0.39, 0.29) is 18.6 Å². The van der Waals surface area contributed by atoms with E-state index in [9.17, 15) is 9.90 Å². The van der Waals surface area contributed by atoms with Crippen LogP contribution >= 0.6 is 0 Å². The number of nitrogens with one attached hydrogen (secondary N) is 1. The lowest BCUT2D eigenvalue weighted by Gasteiger charge is -2.18. The second kappa shape index (κ2) is 7.22. The smallest absolute Gasteiger partial charge is 0.270 e. The Kier molecular flexibility index (Phi) is 5.33. The molecule has 0 fully saturated rings. The van der Waals surface area contributed by atoms with Crippen molar-refractivity contribution in [3.8, 4) is 5.75 Å². The van der Waals surface area contributed by atoms with E-state index in [2.05, 4.69) is 24.1 Å². The van der Waals surface area contributed by atoms with Gasteiger partial charge in [-0.2, -0.15) is 0 Å². The monoisotopic (exact) mass is 302 g/mol. The summed E-state index contributed by atoms with van der Waals surface area (Å²) in [6, 6.07) is 8.78. The van der Waals surface area contributed by atoms with Crippen LogP contribution in [0.1, 0.15) is 30.8 Å². The largest absolute Gasteiger partial charge is 0.497 e. The molecule has 5 nitrogen and oxygen atoms in total. The maximum absolute atomic E-state index is 12.3. The number of aliphatic hydroxyl groups is 1. The number of nitrogens with zero attached hydrogens (tertiary/aromatic N) is 1. The SMILES string of the molecule is COc1ccc2nc(C(=O)NC(CO)CC(C)C)ccc2c1. The summed E-state index contributed by atoms with van der Waals surface area (Å²) in [4.78, 5) is 16.6. The highest BCUT2D eigenvalue weighted by Gasteiger charge is 2.15. The average Bonchev–Trinajstić information content (AvgIpc) is 2.52. The highest BCUT2D eigenvalue weighted by Crippen LogP contribution is 2.19. The Morgan fingerprint density at radius 1 is 1.32 bits per heavy atom. The summed E-state index contributed by atoms with van der Waals surface area (Å²) in [6.45, 7) is 4.03. The van der Waals surface area contributed by atoms with Crippen LogP contribution in [0.4, 0.5) is 0 Å². The molecule has 1 amide bonds.